The molecule has 8 heteroatoms. The van der Waals surface area contributed by atoms with Crippen LogP contribution in [0, 0.1) is 6.92 Å². The topological polar surface area (TPSA) is 78.1 Å². The highest BCUT2D eigenvalue weighted by molar-refractivity contribution is 6.31. The van der Waals surface area contributed by atoms with E-state index in [0.717, 1.165) is 22.6 Å². The van der Waals surface area contributed by atoms with Crippen LogP contribution < -0.4 is 29.6 Å². The molecule has 0 fully saturated rings. The molecule has 1 aliphatic heterocycles. The van der Waals surface area contributed by atoms with Crippen molar-refractivity contribution in [2.45, 2.75) is 13.5 Å². The van der Waals surface area contributed by atoms with Crippen LogP contribution in [0.3, 0.4) is 0 Å². The monoisotopic (exact) mass is 468 g/mol. The van der Waals surface area contributed by atoms with E-state index in [0.29, 0.717) is 47.7 Å². The molecule has 1 heterocycles. The van der Waals surface area contributed by atoms with Crippen LogP contribution in [-0.2, 0) is 11.3 Å². The summed E-state index contributed by atoms with van der Waals surface area (Å²) in [5, 5.41) is 6.61. The van der Waals surface area contributed by atoms with E-state index in [1.54, 1.807) is 19.2 Å². The normalized spacial score (nSPS) is 12.1. The largest absolute Gasteiger partial charge is 0.493 e. The molecule has 33 heavy (non-hydrogen) atoms. The Morgan fingerprint density at radius 1 is 0.970 bits per heavy atom. The van der Waals surface area contributed by atoms with E-state index in [4.69, 9.17) is 30.5 Å². The summed E-state index contributed by atoms with van der Waals surface area (Å²) in [4.78, 5) is 12.2. The minimum Gasteiger partial charge on any atom is -0.493 e. The van der Waals surface area contributed by atoms with Crippen molar-refractivity contribution >= 4 is 28.9 Å². The van der Waals surface area contributed by atoms with Gasteiger partial charge in [0.2, 0.25) is 0 Å². The summed E-state index contributed by atoms with van der Waals surface area (Å²) in [6.45, 7) is 3.36. The van der Waals surface area contributed by atoms with Gasteiger partial charge in [-0.1, -0.05) is 29.3 Å². The number of halogens is 1. The van der Waals surface area contributed by atoms with Crippen molar-refractivity contribution in [2.24, 2.45) is 0 Å². The average Bonchev–Trinajstić information content (AvgIpc) is 2.83. The molecule has 0 saturated heterocycles. The molecular weight excluding hydrogens is 444 g/mol. The molecule has 172 valence electrons. The molecule has 3 aromatic carbocycles. The van der Waals surface area contributed by atoms with Gasteiger partial charge in [0.25, 0.3) is 5.91 Å². The molecule has 0 unspecified atom stereocenters. The van der Waals surface area contributed by atoms with E-state index in [9.17, 15) is 4.79 Å². The van der Waals surface area contributed by atoms with Crippen molar-refractivity contribution in [2.75, 3.05) is 37.6 Å². The lowest BCUT2D eigenvalue weighted by Crippen LogP contribution is -2.20. The lowest BCUT2D eigenvalue weighted by atomic mass is 10.2. The van der Waals surface area contributed by atoms with E-state index in [-0.39, 0.29) is 12.5 Å². The number of rotatable bonds is 8. The average molecular weight is 469 g/mol. The van der Waals surface area contributed by atoms with Gasteiger partial charge in [-0.2, -0.15) is 0 Å². The third kappa shape index (κ3) is 5.81. The second kappa shape index (κ2) is 10.4. The van der Waals surface area contributed by atoms with Gasteiger partial charge in [0.15, 0.2) is 29.6 Å². The Kier molecular flexibility index (Phi) is 7.10. The lowest BCUT2D eigenvalue weighted by molar-refractivity contribution is -0.118. The van der Waals surface area contributed by atoms with Crippen molar-refractivity contribution in [1.29, 1.82) is 0 Å². The van der Waals surface area contributed by atoms with Gasteiger partial charge < -0.3 is 29.6 Å². The Morgan fingerprint density at radius 2 is 1.70 bits per heavy atom. The summed E-state index contributed by atoms with van der Waals surface area (Å²) in [5.74, 6) is 2.05. The van der Waals surface area contributed by atoms with Crippen LogP contribution in [0.1, 0.15) is 11.1 Å². The van der Waals surface area contributed by atoms with Crippen LogP contribution in [0.2, 0.25) is 5.02 Å². The maximum absolute atomic E-state index is 12.2. The smallest absolute Gasteiger partial charge is 0.262 e. The Hall–Kier alpha value is -3.58. The van der Waals surface area contributed by atoms with E-state index >= 15 is 0 Å². The zero-order chi connectivity index (χ0) is 23.2. The number of amides is 1. The number of fused-ring (bicyclic) bond motifs is 1. The van der Waals surface area contributed by atoms with Crippen LogP contribution in [0.25, 0.3) is 0 Å². The SMILES string of the molecule is COc1cc(CNc2ccc3c(c2)OCCO3)c(Cl)cc1OCC(=O)Nc1ccc(C)cc1. The number of carbonyl (C=O) groups is 1. The molecule has 0 saturated carbocycles. The highest BCUT2D eigenvalue weighted by Crippen LogP contribution is 2.35. The Bertz CT molecular complexity index is 1130. The molecule has 1 amide bonds. The first-order valence-electron chi connectivity index (χ1n) is 10.5. The molecule has 3 aromatic rings. The van der Waals surface area contributed by atoms with Gasteiger partial charge in [-0.15, -0.1) is 0 Å². The lowest BCUT2D eigenvalue weighted by Gasteiger charge is -2.19. The van der Waals surface area contributed by atoms with E-state index < -0.39 is 0 Å². The zero-order valence-electron chi connectivity index (χ0n) is 18.4. The molecule has 0 atom stereocenters. The number of nitrogens with one attached hydrogen (secondary N) is 2. The Balaban J connectivity index is 1.38. The fraction of sp³-hybridized carbons (Fsp3) is 0.240. The molecule has 7 nitrogen and oxygen atoms in total. The molecule has 0 bridgehead atoms. The first-order chi connectivity index (χ1) is 16.0. The predicted molar refractivity (Wildman–Crippen MR) is 128 cm³/mol. The minimum absolute atomic E-state index is 0.171. The third-order valence-electron chi connectivity index (χ3n) is 5.05. The number of methoxy groups -OCH3 is 1. The van der Waals surface area contributed by atoms with Crippen molar-refractivity contribution < 1.29 is 23.7 Å². The number of hydrogen-bond donors (Lipinski definition) is 2. The number of carbonyl (C=O) groups excluding carboxylic acids is 1. The Labute approximate surface area is 197 Å². The predicted octanol–water partition coefficient (Wildman–Crippen LogP) is 5.06. The Morgan fingerprint density at radius 3 is 2.45 bits per heavy atom. The first-order valence-corrected chi connectivity index (χ1v) is 10.9. The van der Waals surface area contributed by atoms with Gasteiger partial charge in [-0.25, -0.2) is 0 Å². The van der Waals surface area contributed by atoms with E-state index in [1.807, 2.05) is 49.4 Å². The van der Waals surface area contributed by atoms with Crippen molar-refractivity contribution in [3.63, 3.8) is 0 Å². The molecule has 1 aliphatic rings. The van der Waals surface area contributed by atoms with Crippen LogP contribution >= 0.6 is 11.6 Å². The summed E-state index contributed by atoms with van der Waals surface area (Å²) in [6.07, 6.45) is 0. The van der Waals surface area contributed by atoms with Gasteiger partial charge in [0.1, 0.15) is 13.2 Å². The number of benzene rings is 3. The van der Waals surface area contributed by atoms with E-state index in [2.05, 4.69) is 10.6 Å². The number of anilines is 2. The van der Waals surface area contributed by atoms with Crippen molar-refractivity contribution in [3.05, 3.63) is 70.7 Å². The molecule has 2 N–H and O–H groups in total. The summed E-state index contributed by atoms with van der Waals surface area (Å²) in [7, 11) is 1.54. The molecule has 4 rings (SSSR count). The highest BCUT2D eigenvalue weighted by Gasteiger charge is 2.14. The minimum atomic E-state index is -0.277. The van der Waals surface area contributed by atoms with Gasteiger partial charge in [-0.3, -0.25) is 4.79 Å². The molecule has 0 radical (unpaired) electrons. The standard InChI is InChI=1S/C25H25ClN2O5/c1-16-3-5-18(6-4-16)28-25(29)15-33-24-13-20(26)17(11-22(24)30-2)14-27-19-7-8-21-23(12-19)32-10-9-31-21/h3-8,11-13,27H,9-10,14-15H2,1-2H3,(H,28,29). The van der Waals surface area contributed by atoms with Gasteiger partial charge in [-0.05, 0) is 42.8 Å². The highest BCUT2D eigenvalue weighted by atomic mass is 35.5. The van der Waals surface area contributed by atoms with Gasteiger partial charge in [0, 0.05) is 35.1 Å². The van der Waals surface area contributed by atoms with Crippen LogP contribution in [-0.4, -0.2) is 32.8 Å². The van der Waals surface area contributed by atoms with Crippen molar-refractivity contribution in [3.8, 4) is 23.0 Å². The molecule has 0 aromatic heterocycles. The number of aryl methyl sites for hydroxylation is 1. The second-order valence-corrected chi connectivity index (χ2v) is 7.92. The zero-order valence-corrected chi connectivity index (χ0v) is 19.2. The maximum Gasteiger partial charge on any atom is 0.262 e. The third-order valence-corrected chi connectivity index (χ3v) is 5.40. The summed E-state index contributed by atoms with van der Waals surface area (Å²) in [6, 6.07) is 16.7. The first kappa shape index (κ1) is 22.6. The van der Waals surface area contributed by atoms with Crippen LogP contribution in [0.15, 0.2) is 54.6 Å². The summed E-state index contributed by atoms with van der Waals surface area (Å²) >= 11 is 6.48. The van der Waals surface area contributed by atoms with Gasteiger partial charge >= 0.3 is 0 Å². The van der Waals surface area contributed by atoms with Gasteiger partial charge in [0.05, 0.1) is 7.11 Å². The fourth-order valence-corrected chi connectivity index (χ4v) is 3.53. The van der Waals surface area contributed by atoms with Crippen molar-refractivity contribution in [1.82, 2.24) is 0 Å². The fourth-order valence-electron chi connectivity index (χ4n) is 3.31. The summed E-state index contributed by atoms with van der Waals surface area (Å²) in [5.41, 5.74) is 3.52. The summed E-state index contributed by atoms with van der Waals surface area (Å²) < 4.78 is 22.3. The molecular formula is C25H25ClN2O5. The van der Waals surface area contributed by atoms with Crippen LogP contribution in [0.5, 0.6) is 23.0 Å². The molecule has 0 aliphatic carbocycles. The maximum atomic E-state index is 12.2. The number of hydrogen-bond acceptors (Lipinski definition) is 6. The number of ether oxygens (including phenoxy) is 4. The molecule has 0 spiro atoms. The van der Waals surface area contributed by atoms with Crippen LogP contribution in [0.4, 0.5) is 11.4 Å². The quantitative estimate of drug-likeness (QED) is 0.481. The van der Waals surface area contributed by atoms with E-state index in [1.165, 1.54) is 0 Å². The second-order valence-electron chi connectivity index (χ2n) is 7.51.